The molecule has 0 aromatic heterocycles. The van der Waals surface area contributed by atoms with Crippen molar-refractivity contribution in [3.05, 3.63) is 35.9 Å². The van der Waals surface area contributed by atoms with Crippen molar-refractivity contribution in [3.8, 4) is 0 Å². The summed E-state index contributed by atoms with van der Waals surface area (Å²) in [6, 6.07) is 7.27. The highest BCUT2D eigenvalue weighted by Gasteiger charge is 2.51. The van der Waals surface area contributed by atoms with Crippen LogP contribution in [0.3, 0.4) is 0 Å². The van der Waals surface area contributed by atoms with Crippen molar-refractivity contribution in [3.63, 3.8) is 0 Å². The zero-order valence-electron chi connectivity index (χ0n) is 17.7. The van der Waals surface area contributed by atoms with Crippen molar-refractivity contribution < 1.29 is 42.9 Å². The molecule has 1 aromatic rings. The van der Waals surface area contributed by atoms with Crippen LogP contribution in [0.1, 0.15) is 38.1 Å². The van der Waals surface area contributed by atoms with Crippen molar-refractivity contribution in [1.29, 1.82) is 0 Å². The van der Waals surface area contributed by atoms with E-state index in [0.717, 1.165) is 13.8 Å². The van der Waals surface area contributed by atoms with E-state index in [1.165, 1.54) is 18.7 Å². The highest BCUT2D eigenvalue weighted by molar-refractivity contribution is 5.94. The van der Waals surface area contributed by atoms with Gasteiger partial charge in [0.1, 0.15) is 12.6 Å². The Balaban J connectivity index is 2.52. The van der Waals surface area contributed by atoms with E-state index < -0.39 is 54.1 Å². The second-order valence-electron chi connectivity index (χ2n) is 6.99. The molecular weight excluding hydrogens is 410 g/mol. The number of hydrogen-bond donors (Lipinski definition) is 0. The van der Waals surface area contributed by atoms with Crippen molar-refractivity contribution in [2.24, 2.45) is 0 Å². The fraction of sp³-hybridized carbons (Fsp3) is 0.476. The molecule has 1 aliphatic heterocycles. The molecule has 1 heterocycles. The molecular formula is C21H25NO9. The summed E-state index contributed by atoms with van der Waals surface area (Å²) in [5.74, 6) is -3.17. The summed E-state index contributed by atoms with van der Waals surface area (Å²) in [5, 5.41) is 0. The standard InChI is InChI=1S/C21H25NO9/c1-12(23)28-11-17-19(30-14(3)25)20(31-15(4)26)18(29-13(2)24)10-22(17)21(27)16-8-6-5-7-9-16/h5-9,17-20H,10-11H2,1-4H3/t17-,18-,19-,20-/m1/s1. The molecule has 0 radical (unpaired) electrons. The van der Waals surface area contributed by atoms with Crippen molar-refractivity contribution in [1.82, 2.24) is 4.90 Å². The van der Waals surface area contributed by atoms with Crippen LogP contribution in [0.15, 0.2) is 30.3 Å². The molecule has 0 unspecified atom stereocenters. The van der Waals surface area contributed by atoms with Gasteiger partial charge >= 0.3 is 23.9 Å². The van der Waals surface area contributed by atoms with E-state index in [9.17, 15) is 24.0 Å². The van der Waals surface area contributed by atoms with Gasteiger partial charge in [-0.2, -0.15) is 0 Å². The average Bonchev–Trinajstić information content (AvgIpc) is 2.68. The van der Waals surface area contributed by atoms with Crippen LogP contribution in [-0.2, 0) is 38.1 Å². The number of nitrogens with zero attached hydrogens (tertiary/aromatic N) is 1. The van der Waals surface area contributed by atoms with Crippen molar-refractivity contribution in [2.45, 2.75) is 52.0 Å². The van der Waals surface area contributed by atoms with E-state index >= 15 is 0 Å². The molecule has 4 atom stereocenters. The van der Waals surface area contributed by atoms with E-state index in [1.807, 2.05) is 0 Å². The molecule has 0 saturated carbocycles. The molecule has 1 saturated heterocycles. The molecule has 1 fully saturated rings. The summed E-state index contributed by atoms with van der Waals surface area (Å²) < 4.78 is 21.1. The van der Waals surface area contributed by atoms with E-state index in [2.05, 4.69) is 0 Å². The molecule has 0 bridgehead atoms. The minimum Gasteiger partial charge on any atom is -0.464 e. The van der Waals surface area contributed by atoms with Gasteiger partial charge in [-0.3, -0.25) is 24.0 Å². The number of rotatable bonds is 6. The third-order valence-corrected chi connectivity index (χ3v) is 4.51. The number of piperidine rings is 1. The summed E-state index contributed by atoms with van der Waals surface area (Å²) in [7, 11) is 0. The summed E-state index contributed by atoms with van der Waals surface area (Å²) >= 11 is 0. The number of likely N-dealkylation sites (tertiary alicyclic amines) is 1. The number of carbonyl (C=O) groups is 5. The van der Waals surface area contributed by atoms with Gasteiger partial charge in [-0.25, -0.2) is 0 Å². The monoisotopic (exact) mass is 435 g/mol. The Morgan fingerprint density at radius 3 is 1.87 bits per heavy atom. The zero-order chi connectivity index (χ0) is 23.1. The normalized spacial score (nSPS) is 22.8. The van der Waals surface area contributed by atoms with E-state index in [4.69, 9.17) is 18.9 Å². The quantitative estimate of drug-likeness (QED) is 0.472. The van der Waals surface area contributed by atoms with E-state index in [0.29, 0.717) is 5.56 Å². The Bertz CT molecular complexity index is 839. The van der Waals surface area contributed by atoms with Crippen molar-refractivity contribution in [2.75, 3.05) is 13.2 Å². The maximum atomic E-state index is 13.2. The van der Waals surface area contributed by atoms with Gasteiger partial charge < -0.3 is 23.8 Å². The first-order valence-corrected chi connectivity index (χ1v) is 9.61. The van der Waals surface area contributed by atoms with E-state index in [1.54, 1.807) is 30.3 Å². The minimum atomic E-state index is -1.24. The Morgan fingerprint density at radius 1 is 0.806 bits per heavy atom. The number of hydrogen-bond acceptors (Lipinski definition) is 9. The van der Waals surface area contributed by atoms with Crippen LogP contribution in [0.25, 0.3) is 0 Å². The molecule has 10 nitrogen and oxygen atoms in total. The highest BCUT2D eigenvalue weighted by atomic mass is 16.6. The van der Waals surface area contributed by atoms with Gasteiger partial charge in [0, 0.05) is 33.3 Å². The van der Waals surface area contributed by atoms with Crippen LogP contribution in [0, 0.1) is 0 Å². The van der Waals surface area contributed by atoms with Crippen LogP contribution >= 0.6 is 0 Å². The fourth-order valence-corrected chi connectivity index (χ4v) is 3.40. The van der Waals surface area contributed by atoms with Gasteiger partial charge in [-0.15, -0.1) is 0 Å². The number of benzene rings is 1. The van der Waals surface area contributed by atoms with Crippen LogP contribution < -0.4 is 0 Å². The van der Waals surface area contributed by atoms with Gasteiger partial charge in [0.15, 0.2) is 18.3 Å². The average molecular weight is 435 g/mol. The van der Waals surface area contributed by atoms with Gasteiger partial charge in [0.05, 0.1) is 6.54 Å². The van der Waals surface area contributed by atoms with E-state index in [-0.39, 0.29) is 13.2 Å². The van der Waals surface area contributed by atoms with Gasteiger partial charge in [-0.05, 0) is 12.1 Å². The predicted molar refractivity (Wildman–Crippen MR) is 105 cm³/mol. The van der Waals surface area contributed by atoms with Gasteiger partial charge in [0.25, 0.3) is 5.91 Å². The molecule has 0 aliphatic carbocycles. The Kier molecular flexibility index (Phi) is 8.12. The molecule has 1 amide bonds. The summed E-state index contributed by atoms with van der Waals surface area (Å²) in [5.41, 5.74) is 0.324. The van der Waals surface area contributed by atoms with Gasteiger partial charge in [0.2, 0.25) is 0 Å². The maximum Gasteiger partial charge on any atom is 0.303 e. The topological polar surface area (TPSA) is 126 Å². The molecule has 31 heavy (non-hydrogen) atoms. The van der Waals surface area contributed by atoms with Crippen LogP contribution in [0.4, 0.5) is 0 Å². The molecule has 0 N–H and O–H groups in total. The molecule has 1 aromatic carbocycles. The van der Waals surface area contributed by atoms with Crippen LogP contribution in [0.2, 0.25) is 0 Å². The fourth-order valence-electron chi connectivity index (χ4n) is 3.40. The first-order valence-electron chi connectivity index (χ1n) is 9.61. The number of carbonyl (C=O) groups excluding carboxylic acids is 5. The molecule has 10 heteroatoms. The SMILES string of the molecule is CC(=O)OC[C@@H]1[C@@H](OC(C)=O)[C@H](OC(C)=O)[C@H](OC(C)=O)CN1C(=O)c1ccccc1. The lowest BCUT2D eigenvalue weighted by Crippen LogP contribution is -2.66. The first-order chi connectivity index (χ1) is 14.6. The number of esters is 4. The lowest BCUT2D eigenvalue weighted by Gasteiger charge is -2.46. The minimum absolute atomic E-state index is 0.172. The van der Waals surface area contributed by atoms with Crippen LogP contribution in [0.5, 0.6) is 0 Å². The molecule has 2 rings (SSSR count). The zero-order valence-corrected chi connectivity index (χ0v) is 17.7. The second kappa shape index (κ2) is 10.6. The largest absolute Gasteiger partial charge is 0.464 e. The smallest absolute Gasteiger partial charge is 0.303 e. The number of amides is 1. The van der Waals surface area contributed by atoms with Crippen molar-refractivity contribution >= 4 is 29.8 Å². The summed E-state index contributed by atoms with van der Waals surface area (Å²) in [4.78, 5) is 61.2. The third kappa shape index (κ3) is 6.53. The Hall–Kier alpha value is -3.43. The lowest BCUT2D eigenvalue weighted by atomic mass is 9.92. The van der Waals surface area contributed by atoms with Gasteiger partial charge in [-0.1, -0.05) is 18.2 Å². The molecule has 0 spiro atoms. The van der Waals surface area contributed by atoms with Crippen LogP contribution in [-0.4, -0.2) is 72.2 Å². The third-order valence-electron chi connectivity index (χ3n) is 4.51. The second-order valence-corrected chi connectivity index (χ2v) is 6.99. The lowest BCUT2D eigenvalue weighted by molar-refractivity contribution is -0.203. The maximum absolute atomic E-state index is 13.2. The molecule has 168 valence electrons. The first kappa shape index (κ1) is 23.8. The highest BCUT2D eigenvalue weighted by Crippen LogP contribution is 2.28. The predicted octanol–water partition coefficient (Wildman–Crippen LogP) is 0.869. The summed E-state index contributed by atoms with van der Waals surface area (Å²) in [6.45, 7) is 4.16. The molecule has 1 aliphatic rings. The summed E-state index contributed by atoms with van der Waals surface area (Å²) in [6.07, 6.45) is -3.55. The Morgan fingerprint density at radius 2 is 1.35 bits per heavy atom. The number of ether oxygens (including phenoxy) is 4. The Labute approximate surface area is 179 Å².